The minimum absolute atomic E-state index is 0.178. The Hall–Kier alpha value is -2.73. The fraction of sp³-hybridized carbons (Fsp3) is 0.167. The fourth-order valence-corrected chi connectivity index (χ4v) is 2.64. The van der Waals surface area contributed by atoms with Gasteiger partial charge in [-0.05, 0) is 17.7 Å². The number of nitrogens with zero attached hydrogens (tertiary/aromatic N) is 3. The van der Waals surface area contributed by atoms with E-state index in [1.807, 2.05) is 24.3 Å². The number of carbonyl (C=O) groups is 1. The van der Waals surface area contributed by atoms with Gasteiger partial charge >= 0.3 is 5.97 Å². The topological polar surface area (TPSA) is 57.0 Å². The lowest BCUT2D eigenvalue weighted by molar-refractivity contribution is -0.142. The molecule has 128 valence electrons. The second kappa shape index (κ2) is 7.03. The molecule has 0 saturated heterocycles. The van der Waals surface area contributed by atoms with Gasteiger partial charge in [-0.25, -0.2) is 14.1 Å². The Kier molecular flexibility index (Phi) is 4.81. The van der Waals surface area contributed by atoms with Crippen LogP contribution in [0, 0.1) is 5.82 Å². The van der Waals surface area contributed by atoms with E-state index >= 15 is 0 Å². The summed E-state index contributed by atoms with van der Waals surface area (Å²) in [6.07, 6.45) is 0. The summed E-state index contributed by atoms with van der Waals surface area (Å²) in [5.41, 5.74) is 1.84. The van der Waals surface area contributed by atoms with Crippen LogP contribution in [0.4, 0.5) is 4.39 Å². The molecule has 2 aromatic carbocycles. The van der Waals surface area contributed by atoms with E-state index in [0.29, 0.717) is 5.82 Å². The van der Waals surface area contributed by atoms with E-state index < -0.39 is 5.82 Å². The Bertz CT molecular complexity index is 902. The largest absolute Gasteiger partial charge is 0.461 e. The van der Waals surface area contributed by atoms with Crippen LogP contribution in [-0.4, -0.2) is 20.7 Å². The van der Waals surface area contributed by atoms with Gasteiger partial charge in [0.15, 0.2) is 11.6 Å². The van der Waals surface area contributed by atoms with Crippen molar-refractivity contribution >= 4 is 17.6 Å². The highest BCUT2D eigenvalue weighted by Crippen LogP contribution is 2.30. The molecular formula is C18H15ClFN3O2. The van der Waals surface area contributed by atoms with Crippen LogP contribution >= 0.6 is 11.6 Å². The van der Waals surface area contributed by atoms with Crippen molar-refractivity contribution in [1.82, 2.24) is 14.8 Å². The van der Waals surface area contributed by atoms with Crippen LogP contribution < -0.4 is 0 Å². The molecule has 0 fully saturated rings. The highest BCUT2D eigenvalue weighted by atomic mass is 35.5. The van der Waals surface area contributed by atoms with E-state index in [9.17, 15) is 9.18 Å². The summed E-state index contributed by atoms with van der Waals surface area (Å²) in [5.74, 6) is 0.00288. The lowest BCUT2D eigenvalue weighted by Crippen LogP contribution is -1.99. The standard InChI is InChI=1S/C18H15ClFN3O2/c1-11(24)25-10-12-6-8-13(9-7-12)18-21-17(22-23(18)2)16-14(19)4-3-5-15(16)20/h3-9H,10H2,1-2H3. The van der Waals surface area contributed by atoms with Crippen molar-refractivity contribution < 1.29 is 13.9 Å². The van der Waals surface area contributed by atoms with Gasteiger partial charge < -0.3 is 4.74 Å². The number of hydrogen-bond acceptors (Lipinski definition) is 4. The summed E-state index contributed by atoms with van der Waals surface area (Å²) in [7, 11) is 1.73. The molecule has 3 aromatic rings. The number of hydrogen-bond donors (Lipinski definition) is 0. The number of ether oxygens (including phenoxy) is 1. The second-order valence-electron chi connectivity index (χ2n) is 5.46. The molecule has 0 radical (unpaired) electrons. The van der Waals surface area contributed by atoms with Gasteiger partial charge in [-0.3, -0.25) is 4.79 Å². The fourth-order valence-electron chi connectivity index (χ4n) is 2.39. The van der Waals surface area contributed by atoms with Gasteiger partial charge in [0, 0.05) is 19.5 Å². The van der Waals surface area contributed by atoms with Gasteiger partial charge in [0.2, 0.25) is 0 Å². The maximum atomic E-state index is 14.1. The molecule has 0 saturated carbocycles. The molecule has 3 rings (SSSR count). The van der Waals surface area contributed by atoms with Gasteiger partial charge in [-0.15, -0.1) is 0 Å². The number of benzene rings is 2. The van der Waals surface area contributed by atoms with Crippen molar-refractivity contribution in [2.24, 2.45) is 7.05 Å². The number of aromatic nitrogens is 3. The highest BCUT2D eigenvalue weighted by molar-refractivity contribution is 6.33. The lowest BCUT2D eigenvalue weighted by Gasteiger charge is -2.04. The molecule has 1 aromatic heterocycles. The zero-order chi connectivity index (χ0) is 18.0. The lowest BCUT2D eigenvalue weighted by atomic mass is 10.1. The summed E-state index contributed by atoms with van der Waals surface area (Å²) < 4.78 is 20.6. The second-order valence-corrected chi connectivity index (χ2v) is 5.86. The number of halogens is 2. The minimum atomic E-state index is -0.471. The summed E-state index contributed by atoms with van der Waals surface area (Å²) >= 11 is 6.08. The maximum absolute atomic E-state index is 14.1. The third-order valence-corrected chi connectivity index (χ3v) is 3.92. The first-order valence-corrected chi connectivity index (χ1v) is 7.91. The molecule has 0 spiro atoms. The van der Waals surface area contributed by atoms with E-state index in [4.69, 9.17) is 16.3 Å². The average molecular weight is 360 g/mol. The van der Waals surface area contributed by atoms with Crippen LogP contribution in [0.2, 0.25) is 5.02 Å². The van der Waals surface area contributed by atoms with Crippen molar-refractivity contribution in [3.8, 4) is 22.8 Å². The third-order valence-electron chi connectivity index (χ3n) is 3.60. The van der Waals surface area contributed by atoms with E-state index in [1.165, 1.54) is 19.1 Å². The van der Waals surface area contributed by atoms with Crippen molar-refractivity contribution in [3.63, 3.8) is 0 Å². The predicted molar refractivity (Wildman–Crippen MR) is 92.3 cm³/mol. The van der Waals surface area contributed by atoms with E-state index in [0.717, 1.165) is 11.1 Å². The monoisotopic (exact) mass is 359 g/mol. The first-order valence-electron chi connectivity index (χ1n) is 7.54. The number of carbonyl (C=O) groups excluding carboxylic acids is 1. The van der Waals surface area contributed by atoms with Crippen LogP contribution in [0.5, 0.6) is 0 Å². The zero-order valence-electron chi connectivity index (χ0n) is 13.7. The van der Waals surface area contributed by atoms with Gasteiger partial charge in [0.05, 0.1) is 10.6 Å². The van der Waals surface area contributed by atoms with Gasteiger partial charge in [-0.2, -0.15) is 5.10 Å². The first-order chi connectivity index (χ1) is 12.0. The Labute approximate surface area is 149 Å². The smallest absolute Gasteiger partial charge is 0.302 e. The third kappa shape index (κ3) is 3.69. The maximum Gasteiger partial charge on any atom is 0.302 e. The van der Waals surface area contributed by atoms with Crippen LogP contribution in [0.1, 0.15) is 12.5 Å². The van der Waals surface area contributed by atoms with Crippen molar-refractivity contribution in [3.05, 3.63) is 58.9 Å². The molecule has 0 N–H and O–H groups in total. The number of esters is 1. The number of rotatable bonds is 4. The summed E-state index contributed by atoms with van der Waals surface area (Å²) in [4.78, 5) is 15.3. The summed E-state index contributed by atoms with van der Waals surface area (Å²) in [5, 5.41) is 4.53. The molecule has 7 heteroatoms. The Morgan fingerprint density at radius 3 is 2.60 bits per heavy atom. The SMILES string of the molecule is CC(=O)OCc1ccc(-c2nc(-c3c(F)cccc3Cl)nn2C)cc1. The molecule has 0 aliphatic carbocycles. The number of aryl methyl sites for hydroxylation is 1. The average Bonchev–Trinajstić information content (AvgIpc) is 2.94. The predicted octanol–water partition coefficient (Wildman–Crippen LogP) is 4.00. The van der Waals surface area contributed by atoms with Crippen molar-refractivity contribution in [1.29, 1.82) is 0 Å². The Morgan fingerprint density at radius 1 is 1.24 bits per heavy atom. The molecule has 0 amide bonds. The van der Waals surface area contributed by atoms with E-state index in [1.54, 1.807) is 17.8 Å². The van der Waals surface area contributed by atoms with Crippen molar-refractivity contribution in [2.75, 3.05) is 0 Å². The summed E-state index contributed by atoms with van der Waals surface area (Å²) in [6.45, 7) is 1.58. The van der Waals surface area contributed by atoms with Crippen molar-refractivity contribution in [2.45, 2.75) is 13.5 Å². The minimum Gasteiger partial charge on any atom is -0.461 e. The molecule has 5 nitrogen and oxygen atoms in total. The summed E-state index contributed by atoms with van der Waals surface area (Å²) in [6, 6.07) is 11.8. The zero-order valence-corrected chi connectivity index (χ0v) is 14.4. The Balaban J connectivity index is 1.91. The Morgan fingerprint density at radius 2 is 1.96 bits per heavy atom. The molecule has 0 atom stereocenters. The van der Waals surface area contributed by atoms with Gasteiger partial charge in [-0.1, -0.05) is 41.9 Å². The first kappa shape index (κ1) is 17.1. The van der Waals surface area contributed by atoms with E-state index in [2.05, 4.69) is 10.1 Å². The van der Waals surface area contributed by atoms with Crippen LogP contribution in [0.15, 0.2) is 42.5 Å². The van der Waals surface area contributed by atoms with Crippen LogP contribution in [-0.2, 0) is 23.2 Å². The molecule has 0 aliphatic heterocycles. The molecular weight excluding hydrogens is 345 g/mol. The van der Waals surface area contributed by atoms with Crippen LogP contribution in [0.3, 0.4) is 0 Å². The molecule has 0 bridgehead atoms. The van der Waals surface area contributed by atoms with Crippen LogP contribution in [0.25, 0.3) is 22.8 Å². The normalized spacial score (nSPS) is 10.7. The molecule has 25 heavy (non-hydrogen) atoms. The van der Waals surface area contributed by atoms with E-state index in [-0.39, 0.29) is 29.0 Å². The quantitative estimate of drug-likeness (QED) is 0.660. The van der Waals surface area contributed by atoms with Gasteiger partial charge in [0.1, 0.15) is 12.4 Å². The van der Waals surface area contributed by atoms with Gasteiger partial charge in [0.25, 0.3) is 0 Å². The molecule has 1 heterocycles. The highest BCUT2D eigenvalue weighted by Gasteiger charge is 2.17. The molecule has 0 aliphatic rings. The molecule has 0 unspecified atom stereocenters.